The second kappa shape index (κ2) is 10.7. The summed E-state index contributed by atoms with van der Waals surface area (Å²) < 4.78 is 0. The van der Waals surface area contributed by atoms with Gasteiger partial charge in [-0.1, -0.05) is 36.4 Å². The van der Waals surface area contributed by atoms with Crippen molar-refractivity contribution in [3.63, 3.8) is 0 Å². The molecule has 0 saturated heterocycles. The number of amides is 2. The molecule has 2 aromatic carbocycles. The van der Waals surface area contributed by atoms with E-state index in [4.69, 9.17) is 0 Å². The van der Waals surface area contributed by atoms with Crippen molar-refractivity contribution in [2.24, 2.45) is 0 Å². The molecule has 5 nitrogen and oxygen atoms in total. The Hall–Kier alpha value is -2.96. The minimum absolute atomic E-state index is 0.168. The molecule has 0 bridgehead atoms. The van der Waals surface area contributed by atoms with Crippen LogP contribution in [-0.2, 0) is 13.1 Å². The summed E-state index contributed by atoms with van der Waals surface area (Å²) in [5.74, 6) is -0.340. The molecule has 156 valence electrons. The van der Waals surface area contributed by atoms with Crippen LogP contribution in [0.4, 0.5) is 5.69 Å². The Morgan fingerprint density at radius 2 is 1.63 bits per heavy atom. The first-order valence-electron chi connectivity index (χ1n) is 10.2. The molecule has 0 aliphatic heterocycles. The summed E-state index contributed by atoms with van der Waals surface area (Å²) in [7, 11) is 0. The van der Waals surface area contributed by atoms with Crippen molar-refractivity contribution in [3.05, 3.63) is 87.6 Å². The first-order chi connectivity index (χ1) is 14.6. The van der Waals surface area contributed by atoms with Gasteiger partial charge in [0.2, 0.25) is 0 Å². The lowest BCUT2D eigenvalue weighted by molar-refractivity contribution is -0.910. The fraction of sp³-hybridized carbons (Fsp3) is 0.250. The van der Waals surface area contributed by atoms with Crippen molar-refractivity contribution in [1.82, 2.24) is 5.32 Å². The van der Waals surface area contributed by atoms with Gasteiger partial charge in [-0.15, -0.1) is 11.3 Å². The van der Waals surface area contributed by atoms with Crippen molar-refractivity contribution in [1.29, 1.82) is 0 Å². The number of thiophene rings is 1. The van der Waals surface area contributed by atoms with Gasteiger partial charge in [-0.05, 0) is 49.1 Å². The average molecular weight is 423 g/mol. The van der Waals surface area contributed by atoms with Gasteiger partial charge in [-0.25, -0.2) is 0 Å². The highest BCUT2D eigenvalue weighted by atomic mass is 32.1. The Bertz CT molecular complexity index is 964. The van der Waals surface area contributed by atoms with Crippen molar-refractivity contribution < 1.29 is 14.5 Å². The summed E-state index contributed by atoms with van der Waals surface area (Å²) >= 11 is 1.38. The summed E-state index contributed by atoms with van der Waals surface area (Å²) in [6.07, 6.45) is 0. The smallest absolute Gasteiger partial charge is 0.265 e. The molecule has 3 aromatic rings. The first-order valence-corrected chi connectivity index (χ1v) is 11.1. The zero-order valence-corrected chi connectivity index (χ0v) is 18.2. The molecule has 0 spiro atoms. The summed E-state index contributed by atoms with van der Waals surface area (Å²) in [4.78, 5) is 26.9. The molecular weight excluding hydrogens is 394 g/mol. The van der Waals surface area contributed by atoms with Crippen LogP contribution in [0.15, 0.2) is 66.0 Å². The van der Waals surface area contributed by atoms with Gasteiger partial charge in [-0.3, -0.25) is 9.59 Å². The monoisotopic (exact) mass is 422 g/mol. The third-order valence-electron chi connectivity index (χ3n) is 5.06. The standard InChI is InChI=1S/C24H27N3O2S/c1-3-27(4-2)17-19-12-10-18(11-13-19)16-25-23(28)20-7-5-8-21(15-20)26-24(29)22-9-6-14-30-22/h5-15H,3-4,16-17H2,1-2H3,(H,25,28)(H,26,29)/p+1. The quantitative estimate of drug-likeness (QED) is 0.495. The van der Waals surface area contributed by atoms with E-state index in [0.717, 1.165) is 25.2 Å². The molecule has 0 aliphatic carbocycles. The van der Waals surface area contributed by atoms with Crippen LogP contribution in [0.2, 0.25) is 0 Å². The Balaban J connectivity index is 1.55. The van der Waals surface area contributed by atoms with Gasteiger partial charge in [-0.2, -0.15) is 0 Å². The van der Waals surface area contributed by atoms with E-state index in [1.165, 1.54) is 16.9 Å². The maximum Gasteiger partial charge on any atom is 0.265 e. The van der Waals surface area contributed by atoms with E-state index in [0.29, 0.717) is 22.7 Å². The molecule has 3 N–H and O–H groups in total. The van der Waals surface area contributed by atoms with Crippen LogP contribution >= 0.6 is 11.3 Å². The van der Waals surface area contributed by atoms with Gasteiger partial charge < -0.3 is 15.5 Å². The Labute approximate surface area is 181 Å². The lowest BCUT2D eigenvalue weighted by atomic mass is 10.1. The van der Waals surface area contributed by atoms with Gasteiger partial charge in [0, 0.05) is 23.4 Å². The fourth-order valence-corrected chi connectivity index (χ4v) is 3.81. The van der Waals surface area contributed by atoms with E-state index in [-0.39, 0.29) is 11.8 Å². The first kappa shape index (κ1) is 21.7. The number of quaternary nitrogens is 1. The Kier molecular flexibility index (Phi) is 7.76. The molecule has 1 heterocycles. The van der Waals surface area contributed by atoms with Crippen LogP contribution in [0.3, 0.4) is 0 Å². The molecule has 3 rings (SSSR count). The molecule has 1 aromatic heterocycles. The van der Waals surface area contributed by atoms with Crippen molar-refractivity contribution in [2.75, 3.05) is 18.4 Å². The van der Waals surface area contributed by atoms with E-state index in [9.17, 15) is 9.59 Å². The lowest BCUT2D eigenvalue weighted by Crippen LogP contribution is -3.10. The minimum atomic E-state index is -0.172. The highest BCUT2D eigenvalue weighted by Gasteiger charge is 2.10. The van der Waals surface area contributed by atoms with Gasteiger partial charge in [0.05, 0.1) is 18.0 Å². The molecule has 0 aliphatic rings. The van der Waals surface area contributed by atoms with Gasteiger partial charge >= 0.3 is 0 Å². The van der Waals surface area contributed by atoms with E-state index >= 15 is 0 Å². The molecule has 30 heavy (non-hydrogen) atoms. The predicted molar refractivity (Wildman–Crippen MR) is 122 cm³/mol. The minimum Gasteiger partial charge on any atom is -0.348 e. The number of anilines is 1. The van der Waals surface area contributed by atoms with E-state index in [2.05, 4.69) is 48.7 Å². The van der Waals surface area contributed by atoms with Crippen molar-refractivity contribution in [3.8, 4) is 0 Å². The number of carbonyl (C=O) groups is 2. The molecule has 0 saturated carbocycles. The summed E-state index contributed by atoms with van der Waals surface area (Å²) in [5.41, 5.74) is 3.48. The Morgan fingerprint density at radius 1 is 0.900 bits per heavy atom. The molecule has 0 atom stereocenters. The van der Waals surface area contributed by atoms with Crippen LogP contribution in [0.1, 0.15) is 45.0 Å². The highest BCUT2D eigenvalue weighted by molar-refractivity contribution is 7.12. The van der Waals surface area contributed by atoms with E-state index in [1.54, 1.807) is 35.2 Å². The van der Waals surface area contributed by atoms with Gasteiger partial charge in [0.1, 0.15) is 6.54 Å². The topological polar surface area (TPSA) is 62.6 Å². The molecule has 2 amide bonds. The summed E-state index contributed by atoms with van der Waals surface area (Å²) in [6, 6.07) is 19.0. The second-order valence-corrected chi connectivity index (χ2v) is 8.09. The van der Waals surface area contributed by atoms with Crippen LogP contribution in [-0.4, -0.2) is 24.9 Å². The third kappa shape index (κ3) is 6.02. The normalized spacial score (nSPS) is 10.8. The zero-order chi connectivity index (χ0) is 21.3. The summed E-state index contributed by atoms with van der Waals surface area (Å²) in [6.45, 7) is 8.10. The predicted octanol–water partition coefficient (Wildman–Crippen LogP) is 3.36. The number of benzene rings is 2. The fourth-order valence-electron chi connectivity index (χ4n) is 3.19. The average Bonchev–Trinajstić information content (AvgIpc) is 3.32. The van der Waals surface area contributed by atoms with E-state index in [1.807, 2.05) is 11.4 Å². The van der Waals surface area contributed by atoms with Gasteiger partial charge in [0.25, 0.3) is 11.8 Å². The summed E-state index contributed by atoms with van der Waals surface area (Å²) in [5, 5.41) is 7.64. The van der Waals surface area contributed by atoms with E-state index < -0.39 is 0 Å². The van der Waals surface area contributed by atoms with Gasteiger partial charge in [0.15, 0.2) is 0 Å². The van der Waals surface area contributed by atoms with Crippen molar-refractivity contribution >= 4 is 28.8 Å². The van der Waals surface area contributed by atoms with Crippen LogP contribution in [0, 0.1) is 0 Å². The van der Waals surface area contributed by atoms with Crippen LogP contribution in [0.5, 0.6) is 0 Å². The number of hydrogen-bond acceptors (Lipinski definition) is 3. The molecule has 0 fully saturated rings. The number of nitrogens with one attached hydrogen (secondary N) is 3. The van der Waals surface area contributed by atoms with Crippen LogP contribution < -0.4 is 15.5 Å². The largest absolute Gasteiger partial charge is 0.348 e. The third-order valence-corrected chi connectivity index (χ3v) is 5.93. The lowest BCUT2D eigenvalue weighted by Gasteiger charge is -2.15. The molecule has 0 radical (unpaired) electrons. The van der Waals surface area contributed by atoms with Crippen molar-refractivity contribution in [2.45, 2.75) is 26.9 Å². The molecular formula is C24H28N3O2S+. The molecule has 0 unspecified atom stereocenters. The number of carbonyl (C=O) groups excluding carboxylic acids is 2. The molecule has 6 heteroatoms. The maximum atomic E-state index is 12.5. The number of rotatable bonds is 9. The highest BCUT2D eigenvalue weighted by Crippen LogP contribution is 2.15. The Morgan fingerprint density at radius 3 is 2.30 bits per heavy atom. The zero-order valence-electron chi connectivity index (χ0n) is 17.4. The SMILES string of the molecule is CC[NH+](CC)Cc1ccc(CNC(=O)c2cccc(NC(=O)c3cccs3)c2)cc1. The number of hydrogen-bond donors (Lipinski definition) is 3. The second-order valence-electron chi connectivity index (χ2n) is 7.15. The maximum absolute atomic E-state index is 12.5. The van der Waals surface area contributed by atoms with Crippen LogP contribution in [0.25, 0.3) is 0 Å².